The lowest BCUT2D eigenvalue weighted by Gasteiger charge is -2.16. The van der Waals surface area contributed by atoms with E-state index < -0.39 is 17.9 Å². The van der Waals surface area contributed by atoms with Crippen LogP contribution in [0.4, 0.5) is 5.69 Å². The Hall–Kier alpha value is -3.87. The molecule has 2 amide bonds. The minimum atomic E-state index is -0.991. The van der Waals surface area contributed by atoms with Gasteiger partial charge in [0.15, 0.2) is 0 Å². The molecule has 7 nitrogen and oxygen atoms in total. The minimum Gasteiger partial charge on any atom is -0.497 e. The van der Waals surface area contributed by atoms with Gasteiger partial charge in [-0.1, -0.05) is 35.5 Å². The SMILES string of the molecule is COc1ccc(OC)c(C2=NO[C@H]3C(=O)N(c4ccc5ccccc5c4)C(=O)[C@@H]23)c1. The first-order valence-electron chi connectivity index (χ1n) is 9.45. The normalized spacial score (nSPS) is 20.2. The topological polar surface area (TPSA) is 77.4 Å². The number of anilines is 1. The lowest BCUT2D eigenvalue weighted by Crippen LogP contribution is -2.33. The number of methoxy groups -OCH3 is 2. The first kappa shape index (κ1) is 18.2. The van der Waals surface area contributed by atoms with Crippen molar-refractivity contribution in [3.8, 4) is 11.5 Å². The number of ether oxygens (including phenoxy) is 2. The van der Waals surface area contributed by atoms with Crippen LogP contribution < -0.4 is 14.4 Å². The van der Waals surface area contributed by atoms with Crippen molar-refractivity contribution < 1.29 is 23.9 Å². The minimum absolute atomic E-state index is 0.359. The second-order valence-corrected chi connectivity index (χ2v) is 7.09. The van der Waals surface area contributed by atoms with Gasteiger partial charge in [-0.25, -0.2) is 4.90 Å². The molecule has 7 heteroatoms. The van der Waals surface area contributed by atoms with Gasteiger partial charge < -0.3 is 14.3 Å². The molecule has 0 N–H and O–H groups in total. The average Bonchev–Trinajstić information content (AvgIpc) is 3.33. The van der Waals surface area contributed by atoms with Gasteiger partial charge in [0.05, 0.1) is 19.9 Å². The van der Waals surface area contributed by atoms with Gasteiger partial charge in [0.25, 0.3) is 5.91 Å². The van der Waals surface area contributed by atoms with Crippen LogP contribution >= 0.6 is 0 Å². The molecule has 3 aromatic rings. The van der Waals surface area contributed by atoms with Crippen molar-refractivity contribution in [2.45, 2.75) is 6.10 Å². The van der Waals surface area contributed by atoms with Crippen LogP contribution in [-0.2, 0) is 14.4 Å². The molecule has 5 rings (SSSR count). The van der Waals surface area contributed by atoms with E-state index in [2.05, 4.69) is 5.16 Å². The second kappa shape index (κ2) is 6.88. The maximum absolute atomic E-state index is 13.3. The predicted molar refractivity (Wildman–Crippen MR) is 111 cm³/mol. The summed E-state index contributed by atoms with van der Waals surface area (Å²) in [4.78, 5) is 33.0. The molecule has 1 saturated heterocycles. The van der Waals surface area contributed by atoms with Crippen LogP contribution in [0.3, 0.4) is 0 Å². The molecule has 0 unspecified atom stereocenters. The molecule has 1 fully saturated rings. The summed E-state index contributed by atoms with van der Waals surface area (Å²) in [6.07, 6.45) is -0.991. The molecule has 0 aromatic heterocycles. The number of hydrogen-bond donors (Lipinski definition) is 0. The molecule has 150 valence electrons. The molecule has 0 saturated carbocycles. The quantitative estimate of drug-likeness (QED) is 0.627. The van der Waals surface area contributed by atoms with Gasteiger partial charge in [-0.05, 0) is 41.1 Å². The number of carbonyl (C=O) groups excluding carboxylic acids is 2. The fourth-order valence-corrected chi connectivity index (χ4v) is 3.98. The zero-order valence-electron chi connectivity index (χ0n) is 16.4. The molecule has 0 bridgehead atoms. The lowest BCUT2D eigenvalue weighted by molar-refractivity contribution is -0.126. The zero-order chi connectivity index (χ0) is 20.8. The Kier molecular flexibility index (Phi) is 4.17. The fourth-order valence-electron chi connectivity index (χ4n) is 3.98. The number of rotatable bonds is 4. The number of fused-ring (bicyclic) bond motifs is 2. The van der Waals surface area contributed by atoms with Crippen molar-refractivity contribution in [1.29, 1.82) is 0 Å². The summed E-state index contributed by atoms with van der Waals surface area (Å²) in [5, 5.41) is 6.04. The van der Waals surface area contributed by atoms with E-state index in [1.165, 1.54) is 12.0 Å². The Morgan fingerprint density at radius 2 is 1.70 bits per heavy atom. The van der Waals surface area contributed by atoms with Crippen LogP contribution in [0.2, 0.25) is 0 Å². The highest BCUT2D eigenvalue weighted by Crippen LogP contribution is 2.38. The fraction of sp³-hybridized carbons (Fsp3) is 0.174. The predicted octanol–water partition coefficient (Wildman–Crippen LogP) is 3.15. The number of hydrogen-bond acceptors (Lipinski definition) is 6. The molecule has 2 heterocycles. The number of benzene rings is 3. The molecule has 0 spiro atoms. The first-order chi connectivity index (χ1) is 14.6. The van der Waals surface area contributed by atoms with E-state index in [1.807, 2.05) is 36.4 Å². The van der Waals surface area contributed by atoms with E-state index in [4.69, 9.17) is 14.3 Å². The van der Waals surface area contributed by atoms with Crippen molar-refractivity contribution in [2.24, 2.45) is 11.1 Å². The van der Waals surface area contributed by atoms with E-state index >= 15 is 0 Å². The number of oxime groups is 1. The Balaban J connectivity index is 1.55. The molecule has 0 aliphatic carbocycles. The van der Waals surface area contributed by atoms with Gasteiger partial charge in [0.2, 0.25) is 12.0 Å². The first-order valence-corrected chi connectivity index (χ1v) is 9.45. The van der Waals surface area contributed by atoms with Crippen molar-refractivity contribution in [1.82, 2.24) is 0 Å². The largest absolute Gasteiger partial charge is 0.497 e. The summed E-state index contributed by atoms with van der Waals surface area (Å²) in [6.45, 7) is 0. The Morgan fingerprint density at radius 3 is 2.47 bits per heavy atom. The molecule has 2 atom stereocenters. The molecule has 30 heavy (non-hydrogen) atoms. The van der Waals surface area contributed by atoms with Gasteiger partial charge in [0, 0.05) is 5.56 Å². The van der Waals surface area contributed by atoms with Crippen molar-refractivity contribution in [2.75, 3.05) is 19.1 Å². The van der Waals surface area contributed by atoms with E-state index in [9.17, 15) is 9.59 Å². The molecule has 3 aromatic carbocycles. The van der Waals surface area contributed by atoms with Crippen LogP contribution in [-0.4, -0.2) is 37.8 Å². The van der Waals surface area contributed by atoms with Crippen LogP contribution in [0.25, 0.3) is 10.8 Å². The van der Waals surface area contributed by atoms with Crippen molar-refractivity contribution >= 4 is 34.0 Å². The third kappa shape index (κ3) is 2.62. The maximum Gasteiger partial charge on any atom is 0.278 e. The van der Waals surface area contributed by atoms with Gasteiger partial charge in [-0.3, -0.25) is 9.59 Å². The summed E-state index contributed by atoms with van der Waals surface area (Å²) >= 11 is 0. The summed E-state index contributed by atoms with van der Waals surface area (Å²) in [6, 6.07) is 18.5. The van der Waals surface area contributed by atoms with E-state index in [0.29, 0.717) is 28.5 Å². The highest BCUT2D eigenvalue weighted by atomic mass is 16.7. The van der Waals surface area contributed by atoms with Crippen LogP contribution in [0.5, 0.6) is 11.5 Å². The molecule has 0 radical (unpaired) electrons. The van der Waals surface area contributed by atoms with Crippen molar-refractivity contribution in [3.63, 3.8) is 0 Å². The van der Waals surface area contributed by atoms with Gasteiger partial charge in [-0.15, -0.1) is 0 Å². The standard InChI is InChI=1S/C23H18N2O5/c1-28-16-9-10-18(29-2)17(12-16)20-19-21(30-24-20)23(27)25(22(19)26)15-8-7-13-5-3-4-6-14(13)11-15/h3-12,19,21H,1-2H3/t19-,21+/m0/s1. The van der Waals surface area contributed by atoms with E-state index in [-0.39, 0.29) is 5.91 Å². The molecular weight excluding hydrogens is 384 g/mol. The van der Waals surface area contributed by atoms with E-state index in [1.54, 1.807) is 31.4 Å². The number of imide groups is 1. The monoisotopic (exact) mass is 402 g/mol. The van der Waals surface area contributed by atoms with Crippen LogP contribution in [0.1, 0.15) is 5.56 Å². The van der Waals surface area contributed by atoms with Crippen LogP contribution in [0, 0.1) is 5.92 Å². The molecule has 2 aliphatic rings. The highest BCUT2D eigenvalue weighted by Gasteiger charge is 2.56. The van der Waals surface area contributed by atoms with Crippen molar-refractivity contribution in [3.05, 3.63) is 66.2 Å². The smallest absolute Gasteiger partial charge is 0.278 e. The zero-order valence-corrected chi connectivity index (χ0v) is 16.4. The van der Waals surface area contributed by atoms with Gasteiger partial charge in [0.1, 0.15) is 23.1 Å². The lowest BCUT2D eigenvalue weighted by atomic mass is 9.93. The Bertz CT molecular complexity index is 1220. The Morgan fingerprint density at radius 1 is 0.900 bits per heavy atom. The number of carbonyl (C=O) groups is 2. The van der Waals surface area contributed by atoms with E-state index in [0.717, 1.165) is 10.8 Å². The summed E-state index contributed by atoms with van der Waals surface area (Å²) < 4.78 is 10.7. The van der Waals surface area contributed by atoms with Crippen LogP contribution in [0.15, 0.2) is 65.8 Å². The summed E-state index contributed by atoms with van der Waals surface area (Å²) in [7, 11) is 3.08. The highest BCUT2D eigenvalue weighted by molar-refractivity contribution is 6.33. The Labute approximate surface area is 172 Å². The van der Waals surface area contributed by atoms with Gasteiger partial charge >= 0.3 is 0 Å². The maximum atomic E-state index is 13.3. The second-order valence-electron chi connectivity index (χ2n) is 7.09. The summed E-state index contributed by atoms with van der Waals surface area (Å²) in [5.74, 6) is -0.546. The third-order valence-electron chi connectivity index (χ3n) is 5.49. The average molecular weight is 402 g/mol. The molecular formula is C23H18N2O5. The van der Waals surface area contributed by atoms with Gasteiger partial charge in [-0.2, -0.15) is 0 Å². The number of nitrogens with zero attached hydrogens (tertiary/aromatic N) is 2. The third-order valence-corrected chi connectivity index (χ3v) is 5.49. The summed E-state index contributed by atoms with van der Waals surface area (Å²) in [5.41, 5.74) is 1.43. The molecule has 2 aliphatic heterocycles. The number of amides is 2.